The lowest BCUT2D eigenvalue weighted by Gasteiger charge is -2.39. The van der Waals surface area contributed by atoms with Gasteiger partial charge in [-0.3, -0.25) is 0 Å². The van der Waals surface area contributed by atoms with Crippen molar-refractivity contribution in [2.45, 2.75) is 44.9 Å². The highest BCUT2D eigenvalue weighted by molar-refractivity contribution is 5.95. The van der Waals surface area contributed by atoms with E-state index in [1.807, 2.05) is 18.3 Å². The number of pyridine rings is 1. The highest BCUT2D eigenvalue weighted by Gasteiger charge is 2.40. The van der Waals surface area contributed by atoms with Gasteiger partial charge < -0.3 is 19.1 Å². The van der Waals surface area contributed by atoms with Crippen LogP contribution in [0.5, 0.6) is 11.6 Å². The molecule has 2 aliphatic rings. The Balaban J connectivity index is 1.56. The van der Waals surface area contributed by atoms with Crippen molar-refractivity contribution in [2.24, 2.45) is 0 Å². The molecule has 0 bridgehead atoms. The number of methoxy groups -OCH3 is 1. The Morgan fingerprint density at radius 2 is 2.20 bits per heavy atom. The van der Waals surface area contributed by atoms with Crippen molar-refractivity contribution in [3.05, 3.63) is 41.9 Å². The van der Waals surface area contributed by atoms with E-state index in [4.69, 9.17) is 19.2 Å². The van der Waals surface area contributed by atoms with Crippen LogP contribution < -0.4 is 14.4 Å². The summed E-state index contributed by atoms with van der Waals surface area (Å²) in [5, 5.41) is 4.27. The molecule has 0 unspecified atom stereocenters. The summed E-state index contributed by atoms with van der Waals surface area (Å²) in [5.74, 6) is 1.54. The fourth-order valence-corrected chi connectivity index (χ4v) is 4.26. The van der Waals surface area contributed by atoms with Crippen molar-refractivity contribution in [3.8, 4) is 11.6 Å². The molecule has 9 heteroatoms. The molecule has 0 aromatic carbocycles. The molecule has 1 fully saturated rings. The second kappa shape index (κ2) is 7.47. The predicted molar refractivity (Wildman–Crippen MR) is 108 cm³/mol. The average Bonchev–Trinajstić information content (AvgIpc) is 3.39. The normalized spacial score (nSPS) is 19.9. The maximum atomic E-state index is 12.3. The van der Waals surface area contributed by atoms with Crippen LogP contribution in [-0.2, 0) is 11.3 Å². The summed E-state index contributed by atoms with van der Waals surface area (Å²) >= 11 is 0. The summed E-state index contributed by atoms with van der Waals surface area (Å²) < 4.78 is 18.2. The standard InChI is InChI=1S/C21H23N5O4/c1-3-29-21(27)14-10-23-26-12-17-20(24-19(14)26)25(15-5-4-6-16(15)30-17)11-13-7-8-18(28-2)22-9-13/h7-10,12,15-16H,3-6,11H2,1-2H3/t15-,16+/m0/s1. The number of nitrogens with zero attached hydrogens (tertiary/aromatic N) is 5. The smallest absolute Gasteiger partial charge is 0.343 e. The zero-order chi connectivity index (χ0) is 20.7. The summed E-state index contributed by atoms with van der Waals surface area (Å²) in [6.07, 6.45) is 8.36. The van der Waals surface area contributed by atoms with Gasteiger partial charge in [-0.1, -0.05) is 6.07 Å². The van der Waals surface area contributed by atoms with Gasteiger partial charge in [0, 0.05) is 18.8 Å². The molecule has 0 N–H and O–H groups in total. The molecule has 9 nitrogen and oxygen atoms in total. The number of anilines is 1. The second-order valence-corrected chi connectivity index (χ2v) is 7.47. The van der Waals surface area contributed by atoms with Gasteiger partial charge in [-0.25, -0.2) is 19.3 Å². The van der Waals surface area contributed by atoms with Gasteiger partial charge in [0.2, 0.25) is 5.88 Å². The minimum Gasteiger partial charge on any atom is -0.483 e. The molecule has 156 valence electrons. The number of hydrogen-bond acceptors (Lipinski definition) is 8. The molecule has 0 amide bonds. The van der Waals surface area contributed by atoms with Crippen LogP contribution in [0.2, 0.25) is 0 Å². The Morgan fingerprint density at radius 3 is 2.97 bits per heavy atom. The number of esters is 1. The largest absolute Gasteiger partial charge is 0.483 e. The SMILES string of the molecule is CCOC(=O)c1cnn2cc3c(nc12)N(Cc1ccc(OC)nc1)[C@H]1CCC[C@H]1O3. The van der Waals surface area contributed by atoms with Crippen molar-refractivity contribution in [2.75, 3.05) is 18.6 Å². The Bertz CT molecular complexity index is 1080. The molecule has 0 saturated heterocycles. The van der Waals surface area contributed by atoms with E-state index in [0.717, 1.165) is 24.8 Å². The van der Waals surface area contributed by atoms with Crippen LogP contribution in [-0.4, -0.2) is 51.4 Å². The van der Waals surface area contributed by atoms with Gasteiger partial charge in [0.05, 0.1) is 32.2 Å². The van der Waals surface area contributed by atoms with Crippen molar-refractivity contribution in [1.82, 2.24) is 19.6 Å². The number of hydrogen-bond donors (Lipinski definition) is 0. The van der Waals surface area contributed by atoms with Gasteiger partial charge in [-0.15, -0.1) is 0 Å². The van der Waals surface area contributed by atoms with E-state index in [-0.39, 0.29) is 12.1 Å². The van der Waals surface area contributed by atoms with Gasteiger partial charge in [0.1, 0.15) is 11.7 Å². The van der Waals surface area contributed by atoms with Crippen molar-refractivity contribution in [3.63, 3.8) is 0 Å². The van der Waals surface area contributed by atoms with Crippen LogP contribution in [0.4, 0.5) is 5.82 Å². The Labute approximate surface area is 173 Å². The van der Waals surface area contributed by atoms with E-state index in [1.165, 1.54) is 6.20 Å². The molecule has 0 spiro atoms. The Morgan fingerprint density at radius 1 is 1.30 bits per heavy atom. The third-order valence-electron chi connectivity index (χ3n) is 5.66. The fourth-order valence-electron chi connectivity index (χ4n) is 4.26. The first-order chi connectivity index (χ1) is 14.7. The monoisotopic (exact) mass is 409 g/mol. The number of aromatic nitrogens is 4. The van der Waals surface area contributed by atoms with Crippen LogP contribution in [0.3, 0.4) is 0 Å². The molecule has 0 radical (unpaired) electrons. The molecular formula is C21H23N5O4. The van der Waals surface area contributed by atoms with Gasteiger partial charge in [0.25, 0.3) is 0 Å². The molecule has 1 aliphatic heterocycles. The number of carbonyl (C=O) groups excluding carboxylic acids is 1. The summed E-state index contributed by atoms with van der Waals surface area (Å²) in [7, 11) is 1.60. The maximum Gasteiger partial charge on any atom is 0.343 e. The first-order valence-corrected chi connectivity index (χ1v) is 10.2. The zero-order valence-electron chi connectivity index (χ0n) is 16.9. The van der Waals surface area contributed by atoms with E-state index in [0.29, 0.717) is 41.8 Å². The van der Waals surface area contributed by atoms with E-state index >= 15 is 0 Å². The molecule has 3 aromatic heterocycles. The first-order valence-electron chi connectivity index (χ1n) is 10.2. The topological polar surface area (TPSA) is 91.1 Å². The quantitative estimate of drug-likeness (QED) is 0.594. The predicted octanol–water partition coefficient (Wildman–Crippen LogP) is 2.63. The van der Waals surface area contributed by atoms with Gasteiger partial charge >= 0.3 is 5.97 Å². The third-order valence-corrected chi connectivity index (χ3v) is 5.66. The molecular weight excluding hydrogens is 386 g/mol. The molecule has 4 heterocycles. The highest BCUT2D eigenvalue weighted by Crippen LogP contribution is 2.41. The lowest BCUT2D eigenvalue weighted by atomic mass is 10.1. The van der Waals surface area contributed by atoms with Crippen molar-refractivity contribution in [1.29, 1.82) is 0 Å². The minimum atomic E-state index is -0.429. The van der Waals surface area contributed by atoms with Crippen LogP contribution in [0.15, 0.2) is 30.7 Å². The summed E-state index contributed by atoms with van der Waals surface area (Å²) in [5.41, 5.74) is 1.86. The van der Waals surface area contributed by atoms with Crippen molar-refractivity contribution < 1.29 is 19.0 Å². The molecule has 30 heavy (non-hydrogen) atoms. The third kappa shape index (κ3) is 3.10. The van der Waals surface area contributed by atoms with E-state index < -0.39 is 5.97 Å². The lowest BCUT2D eigenvalue weighted by Crippen LogP contribution is -2.46. The number of ether oxygens (including phenoxy) is 3. The van der Waals surface area contributed by atoms with E-state index in [2.05, 4.69) is 15.0 Å². The van der Waals surface area contributed by atoms with Gasteiger partial charge in [-0.2, -0.15) is 5.10 Å². The van der Waals surface area contributed by atoms with E-state index in [1.54, 1.807) is 24.7 Å². The zero-order valence-corrected chi connectivity index (χ0v) is 16.9. The fraction of sp³-hybridized carbons (Fsp3) is 0.429. The van der Waals surface area contributed by atoms with Crippen LogP contribution in [0.25, 0.3) is 5.65 Å². The summed E-state index contributed by atoms with van der Waals surface area (Å²) in [6, 6.07) is 4.09. The van der Waals surface area contributed by atoms with Gasteiger partial charge in [0.15, 0.2) is 17.2 Å². The summed E-state index contributed by atoms with van der Waals surface area (Å²) in [4.78, 5) is 23.7. The molecule has 3 aromatic rings. The number of rotatable bonds is 5. The highest BCUT2D eigenvalue weighted by atomic mass is 16.5. The van der Waals surface area contributed by atoms with Crippen LogP contribution >= 0.6 is 0 Å². The summed E-state index contributed by atoms with van der Waals surface area (Å²) in [6.45, 7) is 2.71. The van der Waals surface area contributed by atoms with Crippen molar-refractivity contribution >= 4 is 17.4 Å². The van der Waals surface area contributed by atoms with Crippen LogP contribution in [0.1, 0.15) is 42.1 Å². The molecule has 1 aliphatic carbocycles. The number of carbonyl (C=O) groups is 1. The second-order valence-electron chi connectivity index (χ2n) is 7.47. The van der Waals surface area contributed by atoms with Gasteiger partial charge in [-0.05, 0) is 31.7 Å². The average molecular weight is 409 g/mol. The van der Waals surface area contributed by atoms with E-state index in [9.17, 15) is 4.79 Å². The Kier molecular flexibility index (Phi) is 4.65. The molecule has 1 saturated carbocycles. The first kappa shape index (κ1) is 18.7. The maximum absolute atomic E-state index is 12.3. The van der Waals surface area contributed by atoms with Crippen LogP contribution in [0, 0.1) is 0 Å². The molecule has 5 rings (SSSR count). The lowest BCUT2D eigenvalue weighted by molar-refractivity contribution is 0.0528. The number of fused-ring (bicyclic) bond motifs is 3. The minimum absolute atomic E-state index is 0.114. The molecule has 2 atom stereocenters. The Hall–Kier alpha value is -3.36.